The van der Waals surface area contributed by atoms with Crippen LogP contribution in [-0.2, 0) is 6.61 Å². The van der Waals surface area contributed by atoms with Crippen LogP contribution in [0.4, 0.5) is 8.78 Å². The minimum Gasteiger partial charge on any atom is -0.485 e. The molecular weight excluding hydrogens is 336 g/mol. The summed E-state index contributed by atoms with van der Waals surface area (Å²) < 4.78 is 32.3. The summed E-state index contributed by atoms with van der Waals surface area (Å²) >= 11 is 9.92. The van der Waals surface area contributed by atoms with E-state index in [2.05, 4.69) is 20.9 Å². The lowest BCUT2D eigenvalue weighted by molar-refractivity contribution is 0.287. The van der Waals surface area contributed by atoms with E-state index in [9.17, 15) is 8.78 Å². The second kappa shape index (κ2) is 5.29. The van der Waals surface area contributed by atoms with Gasteiger partial charge >= 0.3 is 0 Å². The van der Waals surface area contributed by atoms with Crippen molar-refractivity contribution < 1.29 is 13.5 Å². The standard InChI is InChI=1S/C10H5BrClF2NOS/c11-5-1-7(13)9(14)8(2-5)16-4-6-3-15-10(12)17-6/h1-3H,4H2. The predicted octanol–water partition coefficient (Wildman–Crippen LogP) is 4.42. The van der Waals surface area contributed by atoms with Gasteiger partial charge in [0.1, 0.15) is 6.61 Å². The molecule has 0 aliphatic carbocycles. The van der Waals surface area contributed by atoms with Gasteiger partial charge in [-0.05, 0) is 12.1 Å². The van der Waals surface area contributed by atoms with Crippen molar-refractivity contribution in [1.29, 1.82) is 0 Å². The number of rotatable bonds is 3. The highest BCUT2D eigenvalue weighted by Gasteiger charge is 2.12. The maximum absolute atomic E-state index is 13.3. The van der Waals surface area contributed by atoms with Gasteiger partial charge in [0.2, 0.25) is 5.82 Å². The van der Waals surface area contributed by atoms with Crippen LogP contribution in [0.5, 0.6) is 5.75 Å². The van der Waals surface area contributed by atoms with Crippen molar-refractivity contribution in [2.24, 2.45) is 0 Å². The summed E-state index contributed by atoms with van der Waals surface area (Å²) in [6.07, 6.45) is 1.53. The zero-order valence-electron chi connectivity index (χ0n) is 8.21. The van der Waals surface area contributed by atoms with Crippen LogP contribution in [0.25, 0.3) is 0 Å². The largest absolute Gasteiger partial charge is 0.485 e. The Kier molecular flexibility index (Phi) is 3.96. The Hall–Kier alpha value is -0.720. The van der Waals surface area contributed by atoms with Crippen LogP contribution in [0, 0.1) is 11.6 Å². The van der Waals surface area contributed by atoms with Crippen LogP contribution in [0.1, 0.15) is 4.88 Å². The SMILES string of the molecule is Fc1cc(Br)cc(OCc2cnc(Cl)s2)c1F. The fourth-order valence-electron chi connectivity index (χ4n) is 1.14. The van der Waals surface area contributed by atoms with Gasteiger partial charge < -0.3 is 4.74 Å². The van der Waals surface area contributed by atoms with E-state index in [4.69, 9.17) is 16.3 Å². The number of hydrogen-bond acceptors (Lipinski definition) is 3. The van der Waals surface area contributed by atoms with Crippen molar-refractivity contribution in [3.05, 3.63) is 43.8 Å². The molecule has 2 rings (SSSR count). The van der Waals surface area contributed by atoms with Crippen LogP contribution < -0.4 is 4.74 Å². The van der Waals surface area contributed by atoms with Crippen molar-refractivity contribution in [3.8, 4) is 5.75 Å². The first kappa shape index (κ1) is 12.7. The molecule has 0 saturated heterocycles. The summed E-state index contributed by atoms with van der Waals surface area (Å²) in [6, 6.07) is 2.40. The van der Waals surface area contributed by atoms with Gasteiger partial charge in [-0.15, -0.1) is 11.3 Å². The number of ether oxygens (including phenoxy) is 1. The Morgan fingerprint density at radius 1 is 1.41 bits per heavy atom. The molecule has 0 aliphatic heterocycles. The van der Waals surface area contributed by atoms with Crippen LogP contribution in [-0.4, -0.2) is 4.98 Å². The third-order valence-electron chi connectivity index (χ3n) is 1.85. The molecule has 2 aromatic rings. The van der Waals surface area contributed by atoms with Crippen molar-refractivity contribution in [2.75, 3.05) is 0 Å². The Morgan fingerprint density at radius 3 is 2.82 bits per heavy atom. The molecule has 0 saturated carbocycles. The van der Waals surface area contributed by atoms with Crippen molar-refractivity contribution in [2.45, 2.75) is 6.61 Å². The number of halogens is 4. The summed E-state index contributed by atoms with van der Waals surface area (Å²) in [5, 5.41) is 0. The lowest BCUT2D eigenvalue weighted by atomic mass is 10.3. The van der Waals surface area contributed by atoms with Gasteiger partial charge in [0, 0.05) is 10.7 Å². The molecule has 1 aromatic carbocycles. The van der Waals surface area contributed by atoms with E-state index in [1.54, 1.807) is 0 Å². The summed E-state index contributed by atoms with van der Waals surface area (Å²) in [5.74, 6) is -2.12. The maximum atomic E-state index is 13.3. The molecule has 0 atom stereocenters. The molecule has 0 fully saturated rings. The molecule has 0 amide bonds. The summed E-state index contributed by atoms with van der Waals surface area (Å²) in [4.78, 5) is 4.54. The van der Waals surface area contributed by atoms with Gasteiger partial charge in [0.15, 0.2) is 16.0 Å². The molecule has 1 aromatic heterocycles. The van der Waals surface area contributed by atoms with Crippen molar-refractivity contribution in [3.63, 3.8) is 0 Å². The number of thiazole rings is 1. The van der Waals surface area contributed by atoms with Gasteiger partial charge in [0.05, 0.1) is 4.88 Å². The van der Waals surface area contributed by atoms with Gasteiger partial charge in [-0.3, -0.25) is 0 Å². The molecule has 0 spiro atoms. The van der Waals surface area contributed by atoms with E-state index >= 15 is 0 Å². The number of benzene rings is 1. The summed E-state index contributed by atoms with van der Waals surface area (Å²) in [6.45, 7) is 0.0944. The molecule has 7 heteroatoms. The second-order valence-electron chi connectivity index (χ2n) is 3.07. The lowest BCUT2D eigenvalue weighted by Gasteiger charge is -2.06. The van der Waals surface area contributed by atoms with Crippen LogP contribution >= 0.6 is 38.9 Å². The van der Waals surface area contributed by atoms with E-state index < -0.39 is 11.6 Å². The molecule has 90 valence electrons. The molecular formula is C10H5BrClF2NOS. The Balaban J connectivity index is 2.14. The summed E-state index contributed by atoms with van der Waals surface area (Å²) in [5.41, 5.74) is 0. The van der Waals surface area contributed by atoms with Gasteiger partial charge in [-0.1, -0.05) is 27.5 Å². The Labute approximate surface area is 113 Å². The molecule has 0 unspecified atom stereocenters. The molecule has 0 bridgehead atoms. The highest BCUT2D eigenvalue weighted by molar-refractivity contribution is 9.10. The zero-order chi connectivity index (χ0) is 12.4. The lowest BCUT2D eigenvalue weighted by Crippen LogP contribution is -1.97. The van der Waals surface area contributed by atoms with Gasteiger partial charge in [-0.2, -0.15) is 4.39 Å². The number of hydrogen-bond donors (Lipinski definition) is 0. The fourth-order valence-corrected chi connectivity index (χ4v) is 2.44. The third-order valence-corrected chi connectivity index (χ3v) is 3.40. The van der Waals surface area contributed by atoms with Gasteiger partial charge in [0.25, 0.3) is 0 Å². The molecule has 0 aliphatic rings. The quantitative estimate of drug-likeness (QED) is 0.772. The molecule has 0 radical (unpaired) electrons. The van der Waals surface area contributed by atoms with E-state index in [1.165, 1.54) is 23.6 Å². The maximum Gasteiger partial charge on any atom is 0.200 e. The first-order valence-corrected chi connectivity index (χ1v) is 6.42. The van der Waals surface area contributed by atoms with Gasteiger partial charge in [-0.25, -0.2) is 9.37 Å². The van der Waals surface area contributed by atoms with E-state index in [0.717, 1.165) is 10.9 Å². The first-order chi connectivity index (χ1) is 8.06. The average molecular weight is 341 g/mol. The highest BCUT2D eigenvalue weighted by Crippen LogP contribution is 2.27. The summed E-state index contributed by atoms with van der Waals surface area (Å²) in [7, 11) is 0. The zero-order valence-corrected chi connectivity index (χ0v) is 11.4. The van der Waals surface area contributed by atoms with E-state index in [0.29, 0.717) is 8.94 Å². The third kappa shape index (κ3) is 3.14. The molecule has 17 heavy (non-hydrogen) atoms. The minimum absolute atomic E-state index is 0.0944. The van der Waals surface area contributed by atoms with Crippen molar-refractivity contribution in [1.82, 2.24) is 4.98 Å². The fraction of sp³-hybridized carbons (Fsp3) is 0.100. The van der Waals surface area contributed by atoms with Crippen LogP contribution in [0.2, 0.25) is 4.47 Å². The molecule has 1 heterocycles. The number of aromatic nitrogens is 1. The Bertz CT molecular complexity index is 549. The normalized spacial score (nSPS) is 10.6. The first-order valence-electron chi connectivity index (χ1n) is 4.44. The van der Waals surface area contributed by atoms with Crippen LogP contribution in [0.15, 0.2) is 22.8 Å². The molecule has 0 N–H and O–H groups in total. The molecule has 2 nitrogen and oxygen atoms in total. The Morgan fingerprint density at radius 2 is 2.18 bits per heavy atom. The van der Waals surface area contributed by atoms with E-state index in [-0.39, 0.29) is 12.4 Å². The highest BCUT2D eigenvalue weighted by atomic mass is 79.9. The van der Waals surface area contributed by atoms with Crippen LogP contribution in [0.3, 0.4) is 0 Å². The topological polar surface area (TPSA) is 22.1 Å². The smallest absolute Gasteiger partial charge is 0.200 e. The van der Waals surface area contributed by atoms with Crippen molar-refractivity contribution >= 4 is 38.9 Å². The van der Waals surface area contributed by atoms with E-state index in [1.807, 2.05) is 0 Å². The number of nitrogens with zero attached hydrogens (tertiary/aromatic N) is 1. The monoisotopic (exact) mass is 339 g/mol. The predicted molar refractivity (Wildman–Crippen MR) is 65.5 cm³/mol. The minimum atomic E-state index is -1.01. The second-order valence-corrected chi connectivity index (χ2v) is 5.68. The average Bonchev–Trinajstić information content (AvgIpc) is 2.67.